The molecule has 2 aromatic carbocycles. The number of aromatic nitrogens is 1. The Kier molecular flexibility index (Phi) is 6.18. The molecule has 0 fully saturated rings. The predicted octanol–water partition coefficient (Wildman–Crippen LogP) is 5.14. The van der Waals surface area contributed by atoms with Crippen LogP contribution in [0.15, 0.2) is 70.7 Å². The lowest BCUT2D eigenvalue weighted by molar-refractivity contribution is 0.0601. The van der Waals surface area contributed by atoms with Crippen LogP contribution in [0, 0.1) is 5.82 Å². The third kappa shape index (κ3) is 4.57. The lowest BCUT2D eigenvalue weighted by Crippen LogP contribution is -2.21. The first kappa shape index (κ1) is 20.2. The molecular formula is C23H21FN2O3S. The molecule has 3 aromatic rings. The first-order valence-corrected chi connectivity index (χ1v) is 10.4. The van der Waals surface area contributed by atoms with Gasteiger partial charge in [0.25, 0.3) is 0 Å². The first-order chi connectivity index (χ1) is 14.6. The zero-order chi connectivity index (χ0) is 20.9. The van der Waals surface area contributed by atoms with Crippen molar-refractivity contribution in [2.24, 2.45) is 0 Å². The molecule has 0 spiro atoms. The van der Waals surface area contributed by atoms with Gasteiger partial charge in [0.15, 0.2) is 0 Å². The maximum atomic E-state index is 13.4. The third-order valence-electron chi connectivity index (χ3n) is 4.95. The number of halogens is 1. The van der Waals surface area contributed by atoms with Gasteiger partial charge in [-0.2, -0.15) is 0 Å². The summed E-state index contributed by atoms with van der Waals surface area (Å²) >= 11 is 1.50. The number of carbonyl (C=O) groups is 1. The Balaban J connectivity index is 1.49. The van der Waals surface area contributed by atoms with Crippen molar-refractivity contribution in [2.45, 2.75) is 22.1 Å². The van der Waals surface area contributed by atoms with Crippen molar-refractivity contribution in [1.82, 2.24) is 4.98 Å². The van der Waals surface area contributed by atoms with E-state index in [0.29, 0.717) is 24.4 Å². The minimum Gasteiger partial charge on any atom is -0.493 e. The molecule has 30 heavy (non-hydrogen) atoms. The van der Waals surface area contributed by atoms with E-state index < -0.39 is 5.97 Å². The molecule has 7 heteroatoms. The SMILES string of the molecule is COC(=O)c1ccncc1NCC1CCOc2cc(Sc3cccc(F)c3)ccc21. The number of fused-ring (bicyclic) bond motifs is 1. The number of pyridine rings is 1. The van der Waals surface area contributed by atoms with E-state index in [1.807, 2.05) is 18.2 Å². The number of nitrogens with zero attached hydrogens (tertiary/aromatic N) is 1. The van der Waals surface area contributed by atoms with Gasteiger partial charge in [0.2, 0.25) is 0 Å². The quantitative estimate of drug-likeness (QED) is 0.553. The highest BCUT2D eigenvalue weighted by atomic mass is 32.2. The summed E-state index contributed by atoms with van der Waals surface area (Å²) in [5.74, 6) is 0.426. The number of carbonyl (C=O) groups excluding carboxylic acids is 1. The maximum absolute atomic E-state index is 13.4. The average molecular weight is 424 g/mol. The minimum atomic E-state index is -0.397. The second-order valence-electron chi connectivity index (χ2n) is 6.89. The molecule has 1 aliphatic rings. The molecule has 0 aliphatic carbocycles. The Labute approximate surface area is 178 Å². The zero-order valence-electron chi connectivity index (χ0n) is 16.4. The van der Waals surface area contributed by atoms with Gasteiger partial charge in [0, 0.05) is 28.5 Å². The highest BCUT2D eigenvalue weighted by Crippen LogP contribution is 2.38. The van der Waals surface area contributed by atoms with Crippen molar-refractivity contribution in [3.8, 4) is 5.75 Å². The van der Waals surface area contributed by atoms with E-state index in [9.17, 15) is 9.18 Å². The van der Waals surface area contributed by atoms with Crippen molar-refractivity contribution in [1.29, 1.82) is 0 Å². The minimum absolute atomic E-state index is 0.229. The number of ether oxygens (including phenoxy) is 2. The molecule has 154 valence electrons. The van der Waals surface area contributed by atoms with Crippen LogP contribution in [-0.2, 0) is 4.74 Å². The molecule has 2 heterocycles. The number of hydrogen-bond donors (Lipinski definition) is 1. The van der Waals surface area contributed by atoms with Crippen LogP contribution in [0.5, 0.6) is 5.75 Å². The molecule has 1 N–H and O–H groups in total. The fourth-order valence-electron chi connectivity index (χ4n) is 3.44. The first-order valence-electron chi connectivity index (χ1n) is 9.60. The number of methoxy groups -OCH3 is 1. The van der Waals surface area contributed by atoms with E-state index in [4.69, 9.17) is 9.47 Å². The van der Waals surface area contributed by atoms with E-state index in [2.05, 4.69) is 16.4 Å². The van der Waals surface area contributed by atoms with Crippen LogP contribution >= 0.6 is 11.8 Å². The molecule has 0 saturated heterocycles. The van der Waals surface area contributed by atoms with Crippen LogP contribution in [0.3, 0.4) is 0 Å². The van der Waals surface area contributed by atoms with Gasteiger partial charge in [-0.25, -0.2) is 9.18 Å². The zero-order valence-corrected chi connectivity index (χ0v) is 17.2. The Morgan fingerprint density at radius 2 is 2.13 bits per heavy atom. The molecule has 0 bridgehead atoms. The number of hydrogen-bond acceptors (Lipinski definition) is 6. The van der Waals surface area contributed by atoms with Crippen molar-refractivity contribution < 1.29 is 18.7 Å². The fourth-order valence-corrected chi connectivity index (χ4v) is 4.33. The largest absolute Gasteiger partial charge is 0.493 e. The van der Waals surface area contributed by atoms with Gasteiger partial charge < -0.3 is 14.8 Å². The summed E-state index contributed by atoms with van der Waals surface area (Å²) in [5.41, 5.74) is 2.22. The van der Waals surface area contributed by atoms with Crippen LogP contribution in [-0.4, -0.2) is 31.2 Å². The van der Waals surface area contributed by atoms with E-state index >= 15 is 0 Å². The molecule has 1 unspecified atom stereocenters. The lowest BCUT2D eigenvalue weighted by atomic mass is 9.93. The van der Waals surface area contributed by atoms with E-state index in [1.54, 1.807) is 24.5 Å². The Bertz CT molecular complexity index is 1060. The number of esters is 1. The molecule has 1 aromatic heterocycles. The number of benzene rings is 2. The molecule has 0 saturated carbocycles. The molecule has 1 aliphatic heterocycles. The molecular weight excluding hydrogens is 403 g/mol. The van der Waals surface area contributed by atoms with Gasteiger partial charge in [-0.3, -0.25) is 4.98 Å². The second-order valence-corrected chi connectivity index (χ2v) is 8.03. The highest BCUT2D eigenvalue weighted by Gasteiger charge is 2.23. The predicted molar refractivity (Wildman–Crippen MR) is 114 cm³/mol. The van der Waals surface area contributed by atoms with Crippen molar-refractivity contribution >= 4 is 23.4 Å². The van der Waals surface area contributed by atoms with Crippen LogP contribution in [0.2, 0.25) is 0 Å². The van der Waals surface area contributed by atoms with Crippen molar-refractivity contribution in [3.05, 3.63) is 77.9 Å². The van der Waals surface area contributed by atoms with Gasteiger partial charge in [0.1, 0.15) is 11.6 Å². The molecule has 0 radical (unpaired) electrons. The van der Waals surface area contributed by atoms with Gasteiger partial charge in [-0.1, -0.05) is 23.9 Å². The molecule has 5 nitrogen and oxygen atoms in total. The Morgan fingerprint density at radius 1 is 1.27 bits per heavy atom. The van der Waals surface area contributed by atoms with Crippen molar-refractivity contribution in [2.75, 3.05) is 25.6 Å². The molecule has 1 atom stereocenters. The van der Waals surface area contributed by atoms with E-state index in [-0.39, 0.29) is 11.7 Å². The van der Waals surface area contributed by atoms with Crippen LogP contribution in [0.4, 0.5) is 10.1 Å². The summed E-state index contributed by atoms with van der Waals surface area (Å²) in [5, 5.41) is 3.33. The van der Waals surface area contributed by atoms with Gasteiger partial charge in [-0.15, -0.1) is 0 Å². The summed E-state index contributed by atoms with van der Waals surface area (Å²) in [4.78, 5) is 17.9. The Hall–Kier alpha value is -3.06. The smallest absolute Gasteiger partial charge is 0.340 e. The number of anilines is 1. The standard InChI is InChI=1S/C23H21FN2O3S/c1-28-23(27)20-7-9-25-14-21(20)26-13-15-8-10-29-22-12-18(5-6-19(15)22)30-17-4-2-3-16(24)11-17/h2-7,9,11-12,14-15,26H,8,10,13H2,1H3. The third-order valence-corrected chi connectivity index (χ3v) is 5.93. The van der Waals surface area contributed by atoms with Crippen LogP contribution in [0.25, 0.3) is 0 Å². The normalized spacial score (nSPS) is 15.1. The Morgan fingerprint density at radius 3 is 2.97 bits per heavy atom. The summed E-state index contributed by atoms with van der Waals surface area (Å²) in [7, 11) is 1.36. The van der Waals surface area contributed by atoms with Crippen LogP contribution in [0.1, 0.15) is 28.3 Å². The van der Waals surface area contributed by atoms with Crippen LogP contribution < -0.4 is 10.1 Å². The van der Waals surface area contributed by atoms with Gasteiger partial charge >= 0.3 is 5.97 Å². The van der Waals surface area contributed by atoms with E-state index in [0.717, 1.165) is 27.5 Å². The van der Waals surface area contributed by atoms with Gasteiger partial charge in [-0.05, 0) is 48.4 Å². The highest BCUT2D eigenvalue weighted by molar-refractivity contribution is 7.99. The van der Waals surface area contributed by atoms with Crippen molar-refractivity contribution in [3.63, 3.8) is 0 Å². The topological polar surface area (TPSA) is 60.5 Å². The summed E-state index contributed by atoms with van der Waals surface area (Å²) in [6, 6.07) is 14.3. The summed E-state index contributed by atoms with van der Waals surface area (Å²) in [6.07, 6.45) is 4.06. The summed E-state index contributed by atoms with van der Waals surface area (Å²) < 4.78 is 24.2. The van der Waals surface area contributed by atoms with Gasteiger partial charge in [0.05, 0.1) is 31.2 Å². The molecule has 0 amide bonds. The maximum Gasteiger partial charge on any atom is 0.340 e. The monoisotopic (exact) mass is 424 g/mol. The number of rotatable bonds is 6. The van der Waals surface area contributed by atoms with E-state index in [1.165, 1.54) is 31.0 Å². The number of nitrogens with one attached hydrogen (secondary N) is 1. The summed E-state index contributed by atoms with van der Waals surface area (Å²) in [6.45, 7) is 1.26. The fraction of sp³-hybridized carbons (Fsp3) is 0.217. The second kappa shape index (κ2) is 9.17. The lowest BCUT2D eigenvalue weighted by Gasteiger charge is -2.27. The molecule has 4 rings (SSSR count). The average Bonchev–Trinajstić information content (AvgIpc) is 2.77.